The van der Waals surface area contributed by atoms with Crippen molar-refractivity contribution in [3.63, 3.8) is 0 Å². The van der Waals surface area contributed by atoms with Gasteiger partial charge in [0.2, 0.25) is 0 Å². The first kappa shape index (κ1) is 12.7. The van der Waals surface area contributed by atoms with Crippen molar-refractivity contribution in [1.82, 2.24) is 0 Å². The quantitative estimate of drug-likeness (QED) is 0.661. The highest BCUT2D eigenvalue weighted by Crippen LogP contribution is 2.44. The highest BCUT2D eigenvalue weighted by molar-refractivity contribution is 6.20. The molecule has 16 heavy (non-hydrogen) atoms. The van der Waals surface area contributed by atoms with Crippen LogP contribution >= 0.6 is 11.6 Å². The van der Waals surface area contributed by atoms with E-state index in [0.717, 1.165) is 0 Å². The monoisotopic (exact) mass is 244 g/mol. The summed E-state index contributed by atoms with van der Waals surface area (Å²) in [6, 6.07) is 0. The van der Waals surface area contributed by atoms with Crippen molar-refractivity contribution < 1.29 is 4.74 Å². The lowest BCUT2D eigenvalue weighted by Gasteiger charge is -2.26. The Balaban J connectivity index is 1.84. The minimum absolute atomic E-state index is 0.286. The molecule has 1 aliphatic heterocycles. The highest BCUT2D eigenvalue weighted by Gasteiger charge is 2.42. The van der Waals surface area contributed by atoms with E-state index >= 15 is 0 Å². The van der Waals surface area contributed by atoms with Gasteiger partial charge in [0, 0.05) is 5.38 Å². The van der Waals surface area contributed by atoms with E-state index in [1.807, 2.05) is 0 Å². The maximum atomic E-state index is 6.33. The van der Waals surface area contributed by atoms with E-state index in [1.54, 1.807) is 0 Å². The third kappa shape index (κ3) is 2.73. The van der Waals surface area contributed by atoms with Gasteiger partial charge in [-0.2, -0.15) is 0 Å². The van der Waals surface area contributed by atoms with E-state index in [-0.39, 0.29) is 5.38 Å². The summed E-state index contributed by atoms with van der Waals surface area (Å²) >= 11 is 6.22. The van der Waals surface area contributed by atoms with Crippen LogP contribution in [0.15, 0.2) is 0 Å². The molecule has 0 radical (unpaired) electrons. The Morgan fingerprint density at radius 1 is 1.31 bits per heavy atom. The number of hydrogen-bond acceptors (Lipinski definition) is 1. The van der Waals surface area contributed by atoms with Gasteiger partial charge in [-0.3, -0.25) is 0 Å². The van der Waals surface area contributed by atoms with Crippen LogP contribution in [0.1, 0.15) is 65.2 Å². The predicted molar refractivity (Wildman–Crippen MR) is 69.0 cm³/mol. The number of rotatable bonds is 4. The summed E-state index contributed by atoms with van der Waals surface area (Å²) in [5.74, 6) is 0.628. The van der Waals surface area contributed by atoms with Crippen LogP contribution < -0.4 is 0 Å². The fraction of sp³-hybridized carbons (Fsp3) is 1.00. The molecule has 94 valence electrons. The van der Waals surface area contributed by atoms with Crippen molar-refractivity contribution in [3.8, 4) is 0 Å². The van der Waals surface area contributed by atoms with E-state index in [0.29, 0.717) is 17.6 Å². The van der Waals surface area contributed by atoms with Gasteiger partial charge in [0.1, 0.15) is 0 Å². The molecule has 3 unspecified atom stereocenters. The molecule has 1 heterocycles. The Labute approximate surface area is 105 Å². The fourth-order valence-corrected chi connectivity index (χ4v) is 3.75. The first-order valence-corrected chi connectivity index (χ1v) is 7.41. The summed E-state index contributed by atoms with van der Waals surface area (Å²) in [7, 11) is 0. The lowest BCUT2D eigenvalue weighted by molar-refractivity contribution is -0.0443. The van der Waals surface area contributed by atoms with Crippen LogP contribution in [-0.2, 0) is 4.74 Å². The first-order valence-electron chi connectivity index (χ1n) is 6.97. The Hall–Kier alpha value is 0.250. The van der Waals surface area contributed by atoms with Crippen LogP contribution in [0.4, 0.5) is 0 Å². The maximum Gasteiger partial charge on any atom is 0.0687 e. The van der Waals surface area contributed by atoms with Gasteiger partial charge >= 0.3 is 0 Å². The third-order valence-corrected chi connectivity index (χ3v) is 4.95. The van der Waals surface area contributed by atoms with Crippen molar-refractivity contribution in [1.29, 1.82) is 0 Å². The van der Waals surface area contributed by atoms with Gasteiger partial charge in [-0.15, -0.1) is 11.6 Å². The van der Waals surface area contributed by atoms with Gasteiger partial charge in [-0.1, -0.05) is 26.2 Å². The molecule has 0 aromatic rings. The SMILES string of the molecule is CCC(CC1CCC2(CCCC2)O1)C(C)Cl. The van der Waals surface area contributed by atoms with Gasteiger partial charge in [0.25, 0.3) is 0 Å². The Bertz CT molecular complexity index is 221. The van der Waals surface area contributed by atoms with Gasteiger partial charge in [0.15, 0.2) is 0 Å². The molecule has 2 rings (SSSR count). The van der Waals surface area contributed by atoms with E-state index in [4.69, 9.17) is 16.3 Å². The summed E-state index contributed by atoms with van der Waals surface area (Å²) in [4.78, 5) is 0. The standard InChI is InChI=1S/C14H25ClO/c1-3-12(11(2)15)10-13-6-9-14(16-13)7-4-5-8-14/h11-13H,3-10H2,1-2H3. The second kappa shape index (κ2) is 5.27. The summed E-state index contributed by atoms with van der Waals surface area (Å²) in [5, 5.41) is 0.286. The molecule has 1 saturated heterocycles. The summed E-state index contributed by atoms with van der Waals surface area (Å²) < 4.78 is 6.33. The van der Waals surface area contributed by atoms with Crippen LogP contribution in [0.2, 0.25) is 0 Å². The average molecular weight is 245 g/mol. The van der Waals surface area contributed by atoms with Gasteiger partial charge in [-0.25, -0.2) is 0 Å². The normalized spacial score (nSPS) is 32.1. The maximum absolute atomic E-state index is 6.33. The Morgan fingerprint density at radius 3 is 2.56 bits per heavy atom. The lowest BCUT2D eigenvalue weighted by atomic mass is 9.93. The van der Waals surface area contributed by atoms with Crippen LogP contribution in [0.5, 0.6) is 0 Å². The van der Waals surface area contributed by atoms with Crippen molar-refractivity contribution in [2.45, 2.75) is 82.3 Å². The predicted octanol–water partition coefficient (Wildman–Crippen LogP) is 4.52. The first-order chi connectivity index (χ1) is 7.65. The van der Waals surface area contributed by atoms with Crippen molar-refractivity contribution in [3.05, 3.63) is 0 Å². The smallest absolute Gasteiger partial charge is 0.0687 e. The Morgan fingerprint density at radius 2 is 2.00 bits per heavy atom. The van der Waals surface area contributed by atoms with Crippen LogP contribution in [0.3, 0.4) is 0 Å². The molecule has 1 spiro atoms. The molecular formula is C14H25ClO. The van der Waals surface area contributed by atoms with Gasteiger partial charge in [0.05, 0.1) is 11.7 Å². The molecule has 1 nitrogen and oxygen atoms in total. The average Bonchev–Trinajstić information content (AvgIpc) is 2.86. The fourth-order valence-electron chi connectivity index (χ4n) is 3.47. The number of halogens is 1. The zero-order valence-corrected chi connectivity index (χ0v) is 11.4. The zero-order valence-electron chi connectivity index (χ0n) is 10.7. The van der Waals surface area contributed by atoms with Crippen molar-refractivity contribution >= 4 is 11.6 Å². The van der Waals surface area contributed by atoms with E-state index in [9.17, 15) is 0 Å². The third-order valence-electron chi connectivity index (χ3n) is 4.59. The topological polar surface area (TPSA) is 9.23 Å². The highest BCUT2D eigenvalue weighted by atomic mass is 35.5. The molecule has 2 aliphatic rings. The minimum Gasteiger partial charge on any atom is -0.372 e. The Kier molecular flexibility index (Phi) is 4.18. The van der Waals surface area contributed by atoms with E-state index in [1.165, 1.54) is 51.4 Å². The molecule has 0 aromatic carbocycles. The van der Waals surface area contributed by atoms with Gasteiger partial charge in [-0.05, 0) is 44.9 Å². The summed E-state index contributed by atoms with van der Waals surface area (Å²) in [5.41, 5.74) is 0.290. The molecule has 0 amide bonds. The second-order valence-electron chi connectivity index (χ2n) is 5.75. The molecule has 1 saturated carbocycles. The molecule has 1 aliphatic carbocycles. The number of hydrogen-bond donors (Lipinski definition) is 0. The molecule has 0 bridgehead atoms. The van der Waals surface area contributed by atoms with Gasteiger partial charge < -0.3 is 4.74 Å². The molecule has 2 fully saturated rings. The van der Waals surface area contributed by atoms with E-state index < -0.39 is 0 Å². The van der Waals surface area contributed by atoms with Crippen LogP contribution in [-0.4, -0.2) is 17.1 Å². The van der Waals surface area contributed by atoms with E-state index in [2.05, 4.69) is 13.8 Å². The summed E-state index contributed by atoms with van der Waals surface area (Å²) in [6.45, 7) is 4.36. The number of alkyl halides is 1. The lowest BCUT2D eigenvalue weighted by Crippen LogP contribution is -2.26. The largest absolute Gasteiger partial charge is 0.372 e. The molecule has 3 atom stereocenters. The summed E-state index contributed by atoms with van der Waals surface area (Å²) in [6.07, 6.45) is 10.7. The van der Waals surface area contributed by atoms with Crippen LogP contribution in [0.25, 0.3) is 0 Å². The van der Waals surface area contributed by atoms with Crippen molar-refractivity contribution in [2.75, 3.05) is 0 Å². The second-order valence-corrected chi connectivity index (χ2v) is 6.44. The molecule has 2 heteroatoms. The number of ether oxygens (including phenoxy) is 1. The molecular weight excluding hydrogens is 220 g/mol. The van der Waals surface area contributed by atoms with Crippen molar-refractivity contribution in [2.24, 2.45) is 5.92 Å². The zero-order chi connectivity index (χ0) is 11.6. The van der Waals surface area contributed by atoms with Crippen LogP contribution in [0, 0.1) is 5.92 Å². The molecule has 0 aromatic heterocycles. The molecule has 0 N–H and O–H groups in total. The minimum atomic E-state index is 0.286.